The van der Waals surface area contributed by atoms with Gasteiger partial charge >= 0.3 is 0 Å². The van der Waals surface area contributed by atoms with Gasteiger partial charge < -0.3 is 9.52 Å². The highest BCUT2D eigenvalue weighted by Crippen LogP contribution is 2.08. The predicted molar refractivity (Wildman–Crippen MR) is 62.9 cm³/mol. The average Bonchev–Trinajstić information content (AvgIpc) is 2.90. The molecular weight excluding hydrogens is 256 g/mol. The summed E-state index contributed by atoms with van der Waals surface area (Å²) < 4.78 is 31.1. The van der Waals surface area contributed by atoms with Crippen LogP contribution in [0.3, 0.4) is 0 Å². The van der Waals surface area contributed by atoms with Crippen molar-refractivity contribution in [1.82, 2.24) is 9.71 Å². The summed E-state index contributed by atoms with van der Waals surface area (Å²) in [6.45, 7) is -0.105. The molecule has 2 aromatic heterocycles. The second-order valence-electron chi connectivity index (χ2n) is 3.57. The van der Waals surface area contributed by atoms with Gasteiger partial charge in [0.2, 0.25) is 0 Å². The van der Waals surface area contributed by atoms with Crippen molar-refractivity contribution in [3.05, 3.63) is 48.0 Å². The van der Waals surface area contributed by atoms with E-state index in [2.05, 4.69) is 9.71 Å². The molecule has 96 valence electrons. The maximum atomic E-state index is 11.8. The number of sulfonamides is 1. The van der Waals surface area contributed by atoms with Crippen molar-refractivity contribution < 1.29 is 17.9 Å². The monoisotopic (exact) mass is 268 g/mol. The van der Waals surface area contributed by atoms with E-state index in [4.69, 9.17) is 9.52 Å². The lowest BCUT2D eigenvalue weighted by Gasteiger charge is -2.04. The fourth-order valence-corrected chi connectivity index (χ4v) is 2.24. The molecule has 0 aromatic carbocycles. The molecular formula is C11H12N2O4S. The average molecular weight is 268 g/mol. The molecule has 0 unspecified atom stereocenters. The van der Waals surface area contributed by atoms with Crippen LogP contribution < -0.4 is 4.72 Å². The highest BCUT2D eigenvalue weighted by molar-refractivity contribution is 7.89. The van der Waals surface area contributed by atoms with Crippen LogP contribution in [0.1, 0.15) is 11.3 Å². The molecule has 0 saturated carbocycles. The summed E-state index contributed by atoms with van der Waals surface area (Å²) in [6.07, 6.45) is 2.79. The molecule has 0 radical (unpaired) electrons. The number of nitrogens with one attached hydrogen (secondary N) is 1. The summed E-state index contributed by atoms with van der Waals surface area (Å²) in [5, 5.41) is 8.75. The molecule has 0 saturated heterocycles. The Labute approximate surface area is 104 Å². The Morgan fingerprint density at radius 1 is 1.33 bits per heavy atom. The fourth-order valence-electron chi connectivity index (χ4n) is 1.32. The molecule has 2 heterocycles. The molecule has 18 heavy (non-hydrogen) atoms. The first kappa shape index (κ1) is 12.7. The van der Waals surface area contributed by atoms with Gasteiger partial charge in [-0.25, -0.2) is 18.1 Å². The van der Waals surface area contributed by atoms with Gasteiger partial charge in [-0.2, -0.15) is 0 Å². The number of hydrogen-bond acceptors (Lipinski definition) is 5. The second-order valence-corrected chi connectivity index (χ2v) is 5.28. The predicted octanol–water partition coefficient (Wildman–Crippen LogP) is 0.645. The van der Waals surface area contributed by atoms with E-state index in [1.54, 1.807) is 12.1 Å². The SMILES string of the molecule is O=S(=O)(NCc1ccco1)c1ccc(CO)cn1. The molecule has 0 amide bonds. The van der Waals surface area contributed by atoms with Gasteiger partial charge in [-0.3, -0.25) is 0 Å². The van der Waals surface area contributed by atoms with Gasteiger partial charge in [0.25, 0.3) is 10.0 Å². The van der Waals surface area contributed by atoms with Gasteiger partial charge in [0.1, 0.15) is 5.76 Å². The van der Waals surface area contributed by atoms with E-state index < -0.39 is 10.0 Å². The molecule has 0 bridgehead atoms. The molecule has 2 aromatic rings. The molecule has 0 aliphatic rings. The van der Waals surface area contributed by atoms with Crippen molar-refractivity contribution in [3.8, 4) is 0 Å². The Bertz CT molecular complexity index is 590. The minimum absolute atomic E-state index is 0.0682. The highest BCUT2D eigenvalue weighted by Gasteiger charge is 2.15. The lowest BCUT2D eigenvalue weighted by Crippen LogP contribution is -2.23. The van der Waals surface area contributed by atoms with Crippen molar-refractivity contribution >= 4 is 10.0 Å². The third-order valence-electron chi connectivity index (χ3n) is 2.27. The summed E-state index contributed by atoms with van der Waals surface area (Å²) in [5.41, 5.74) is 0.556. The van der Waals surface area contributed by atoms with Crippen LogP contribution in [0.25, 0.3) is 0 Å². The maximum absolute atomic E-state index is 11.8. The van der Waals surface area contributed by atoms with E-state index in [1.807, 2.05) is 0 Å². The van der Waals surface area contributed by atoms with E-state index in [1.165, 1.54) is 24.6 Å². The number of furan rings is 1. The number of nitrogens with zero attached hydrogens (tertiary/aromatic N) is 1. The third kappa shape index (κ3) is 2.95. The van der Waals surface area contributed by atoms with Gasteiger partial charge in [-0.05, 0) is 23.8 Å². The van der Waals surface area contributed by atoms with E-state index in [-0.39, 0.29) is 18.2 Å². The zero-order valence-electron chi connectivity index (χ0n) is 9.41. The van der Waals surface area contributed by atoms with Crippen LogP contribution in [-0.2, 0) is 23.2 Å². The third-order valence-corrected chi connectivity index (χ3v) is 3.59. The number of aromatic nitrogens is 1. The Kier molecular flexibility index (Phi) is 3.75. The van der Waals surface area contributed by atoms with Crippen molar-refractivity contribution in [2.24, 2.45) is 0 Å². The van der Waals surface area contributed by atoms with Crippen LogP contribution in [0.5, 0.6) is 0 Å². The summed E-state index contributed by atoms with van der Waals surface area (Å²) in [7, 11) is -3.66. The van der Waals surface area contributed by atoms with Gasteiger partial charge in [0, 0.05) is 6.20 Å². The minimum Gasteiger partial charge on any atom is -0.468 e. The summed E-state index contributed by atoms with van der Waals surface area (Å²) >= 11 is 0. The maximum Gasteiger partial charge on any atom is 0.258 e. The Balaban J connectivity index is 2.09. The van der Waals surface area contributed by atoms with Crippen LogP contribution in [0.15, 0.2) is 46.2 Å². The van der Waals surface area contributed by atoms with Crippen molar-refractivity contribution in [1.29, 1.82) is 0 Å². The molecule has 2 N–H and O–H groups in total. The molecule has 0 spiro atoms. The Morgan fingerprint density at radius 2 is 2.17 bits per heavy atom. The van der Waals surface area contributed by atoms with Gasteiger partial charge in [0.05, 0.1) is 19.4 Å². The second kappa shape index (κ2) is 5.30. The molecule has 7 heteroatoms. The van der Waals surface area contributed by atoms with E-state index >= 15 is 0 Å². The van der Waals surface area contributed by atoms with Crippen LogP contribution >= 0.6 is 0 Å². The molecule has 0 fully saturated rings. The fraction of sp³-hybridized carbons (Fsp3) is 0.182. The first-order valence-corrected chi connectivity index (χ1v) is 6.68. The number of pyridine rings is 1. The summed E-state index contributed by atoms with van der Waals surface area (Å²) in [5.74, 6) is 0.519. The van der Waals surface area contributed by atoms with Crippen LogP contribution in [-0.4, -0.2) is 18.5 Å². The standard InChI is InChI=1S/C11H12N2O4S/c14-8-9-3-4-11(12-6-9)18(15,16)13-7-10-2-1-5-17-10/h1-6,13-14H,7-8H2. The lowest BCUT2D eigenvalue weighted by atomic mass is 10.3. The first-order valence-electron chi connectivity index (χ1n) is 5.19. The lowest BCUT2D eigenvalue weighted by molar-refractivity contribution is 0.281. The quantitative estimate of drug-likeness (QED) is 0.830. The summed E-state index contributed by atoms with van der Waals surface area (Å²) in [4.78, 5) is 3.78. The molecule has 0 aliphatic heterocycles. The van der Waals surface area contributed by atoms with Crippen LogP contribution in [0, 0.1) is 0 Å². The molecule has 2 rings (SSSR count). The van der Waals surface area contributed by atoms with Crippen molar-refractivity contribution in [2.75, 3.05) is 0 Å². The highest BCUT2D eigenvalue weighted by atomic mass is 32.2. The molecule has 0 aliphatic carbocycles. The number of aliphatic hydroxyl groups is 1. The zero-order valence-corrected chi connectivity index (χ0v) is 10.2. The first-order chi connectivity index (χ1) is 8.62. The normalized spacial score (nSPS) is 11.6. The smallest absolute Gasteiger partial charge is 0.258 e. The largest absolute Gasteiger partial charge is 0.468 e. The Morgan fingerprint density at radius 3 is 2.72 bits per heavy atom. The van der Waals surface area contributed by atoms with Crippen molar-refractivity contribution in [2.45, 2.75) is 18.2 Å². The number of rotatable bonds is 5. The summed E-state index contributed by atoms with van der Waals surface area (Å²) in [6, 6.07) is 6.20. The van der Waals surface area contributed by atoms with Gasteiger partial charge in [0.15, 0.2) is 5.03 Å². The number of hydrogen-bond donors (Lipinski definition) is 2. The van der Waals surface area contributed by atoms with Crippen molar-refractivity contribution in [3.63, 3.8) is 0 Å². The minimum atomic E-state index is -3.66. The van der Waals surface area contributed by atoms with E-state index in [0.29, 0.717) is 11.3 Å². The Hall–Kier alpha value is -1.70. The van der Waals surface area contributed by atoms with E-state index in [0.717, 1.165) is 0 Å². The van der Waals surface area contributed by atoms with Crippen LogP contribution in [0.4, 0.5) is 0 Å². The zero-order chi connectivity index (χ0) is 13.0. The van der Waals surface area contributed by atoms with E-state index in [9.17, 15) is 8.42 Å². The molecule has 6 nitrogen and oxygen atoms in total. The topological polar surface area (TPSA) is 92.4 Å². The van der Waals surface area contributed by atoms with Gasteiger partial charge in [-0.15, -0.1) is 0 Å². The van der Waals surface area contributed by atoms with Gasteiger partial charge in [-0.1, -0.05) is 6.07 Å². The van der Waals surface area contributed by atoms with Crippen LogP contribution in [0.2, 0.25) is 0 Å². The number of aliphatic hydroxyl groups excluding tert-OH is 1. The molecule has 0 atom stereocenters.